The molecular formula is C24H24N2O3. The average molecular weight is 388 g/mol. The minimum absolute atomic E-state index is 0.0101. The summed E-state index contributed by atoms with van der Waals surface area (Å²) in [4.78, 5) is 12.7. The molecule has 1 N–H and O–H groups in total. The van der Waals surface area contributed by atoms with Gasteiger partial charge in [-0.25, -0.2) is 0 Å². The van der Waals surface area contributed by atoms with Crippen molar-refractivity contribution in [2.45, 2.75) is 27.7 Å². The third kappa shape index (κ3) is 5.64. The van der Waals surface area contributed by atoms with Gasteiger partial charge in [0.05, 0.1) is 6.61 Å². The van der Waals surface area contributed by atoms with Crippen molar-refractivity contribution < 1.29 is 14.3 Å². The summed E-state index contributed by atoms with van der Waals surface area (Å²) in [6.07, 6.45) is 6.75. The standard InChI is InChI=1S/C24H24N2O3/c1-6-10-29-21-9-8-19(14-22(21)28-7-2)13-20(15-25)24(27)26-23-17(4)11-16(3)12-18(23)5/h1,8-9,11-14H,7,10H2,2-5H3,(H,26,27)/b20-13+. The van der Waals surface area contributed by atoms with Crippen molar-refractivity contribution in [3.05, 3.63) is 58.2 Å². The Morgan fingerprint density at radius 2 is 1.83 bits per heavy atom. The second kappa shape index (κ2) is 10.0. The topological polar surface area (TPSA) is 71.3 Å². The minimum atomic E-state index is -0.465. The van der Waals surface area contributed by atoms with E-state index in [0.717, 1.165) is 22.4 Å². The molecule has 0 aliphatic carbocycles. The van der Waals surface area contributed by atoms with Crippen LogP contribution in [0.5, 0.6) is 11.5 Å². The van der Waals surface area contributed by atoms with Gasteiger partial charge in [-0.1, -0.05) is 29.7 Å². The monoisotopic (exact) mass is 388 g/mol. The SMILES string of the molecule is C#CCOc1ccc(/C=C(\C#N)C(=O)Nc2c(C)cc(C)cc2C)cc1OCC. The number of amides is 1. The first kappa shape index (κ1) is 21.6. The van der Waals surface area contributed by atoms with Crippen LogP contribution in [0.1, 0.15) is 29.2 Å². The van der Waals surface area contributed by atoms with Crippen molar-refractivity contribution in [2.24, 2.45) is 0 Å². The Bertz CT molecular complexity index is 1000. The quantitative estimate of drug-likeness (QED) is 0.428. The lowest BCUT2D eigenvalue weighted by molar-refractivity contribution is -0.112. The lowest BCUT2D eigenvalue weighted by Crippen LogP contribution is -2.15. The van der Waals surface area contributed by atoms with Crippen LogP contribution in [-0.2, 0) is 4.79 Å². The third-order valence-electron chi connectivity index (χ3n) is 4.17. The zero-order chi connectivity index (χ0) is 21.4. The summed E-state index contributed by atoms with van der Waals surface area (Å²) in [6, 6.07) is 11.1. The molecule has 0 aromatic heterocycles. The second-order valence-corrected chi connectivity index (χ2v) is 6.53. The van der Waals surface area contributed by atoms with Crippen LogP contribution < -0.4 is 14.8 Å². The molecule has 1 amide bonds. The Balaban J connectivity index is 2.31. The van der Waals surface area contributed by atoms with Gasteiger partial charge < -0.3 is 14.8 Å². The molecule has 0 saturated carbocycles. The van der Waals surface area contributed by atoms with Crippen molar-refractivity contribution in [2.75, 3.05) is 18.5 Å². The average Bonchev–Trinajstić information content (AvgIpc) is 2.68. The van der Waals surface area contributed by atoms with Crippen LogP contribution in [-0.4, -0.2) is 19.1 Å². The van der Waals surface area contributed by atoms with E-state index in [1.54, 1.807) is 18.2 Å². The molecule has 0 atom stereocenters. The fourth-order valence-corrected chi connectivity index (χ4v) is 2.99. The first-order valence-electron chi connectivity index (χ1n) is 9.23. The number of carbonyl (C=O) groups excluding carboxylic acids is 1. The van der Waals surface area contributed by atoms with Crippen LogP contribution in [0.3, 0.4) is 0 Å². The summed E-state index contributed by atoms with van der Waals surface area (Å²) >= 11 is 0. The maximum Gasteiger partial charge on any atom is 0.266 e. The molecule has 148 valence electrons. The van der Waals surface area contributed by atoms with Gasteiger partial charge in [-0.15, -0.1) is 6.42 Å². The summed E-state index contributed by atoms with van der Waals surface area (Å²) in [5, 5.41) is 12.4. The number of nitrogens with one attached hydrogen (secondary N) is 1. The van der Waals surface area contributed by atoms with Gasteiger partial charge in [0.1, 0.15) is 18.2 Å². The number of anilines is 1. The molecule has 2 aromatic rings. The largest absolute Gasteiger partial charge is 0.490 e. The molecule has 5 nitrogen and oxygen atoms in total. The maximum atomic E-state index is 12.7. The van der Waals surface area contributed by atoms with Crippen LogP contribution in [0.4, 0.5) is 5.69 Å². The number of carbonyl (C=O) groups is 1. The number of hydrogen-bond donors (Lipinski definition) is 1. The number of ether oxygens (including phenoxy) is 2. The van der Waals surface area contributed by atoms with Crippen molar-refractivity contribution in [3.8, 4) is 29.9 Å². The first-order valence-corrected chi connectivity index (χ1v) is 9.23. The lowest BCUT2D eigenvalue weighted by atomic mass is 10.0. The third-order valence-corrected chi connectivity index (χ3v) is 4.17. The molecule has 0 fully saturated rings. The predicted octanol–water partition coefficient (Wildman–Crippen LogP) is 4.57. The molecule has 0 spiro atoms. The van der Waals surface area contributed by atoms with Crippen molar-refractivity contribution in [1.82, 2.24) is 0 Å². The number of aryl methyl sites for hydroxylation is 3. The number of terminal acetylenes is 1. The van der Waals surface area contributed by atoms with Gasteiger partial charge in [0.2, 0.25) is 0 Å². The Labute approximate surface area is 172 Å². The predicted molar refractivity (Wildman–Crippen MR) is 115 cm³/mol. The summed E-state index contributed by atoms with van der Waals surface area (Å²) in [6.45, 7) is 8.27. The van der Waals surface area contributed by atoms with Gasteiger partial charge in [-0.2, -0.15) is 5.26 Å². The number of rotatable bonds is 7. The summed E-state index contributed by atoms with van der Waals surface area (Å²) in [5.74, 6) is 2.95. The zero-order valence-corrected chi connectivity index (χ0v) is 17.1. The second-order valence-electron chi connectivity index (χ2n) is 6.53. The molecule has 29 heavy (non-hydrogen) atoms. The van der Waals surface area contributed by atoms with E-state index in [9.17, 15) is 10.1 Å². The molecular weight excluding hydrogens is 364 g/mol. The fraction of sp³-hybridized carbons (Fsp3) is 0.250. The normalized spacial score (nSPS) is 10.6. The minimum Gasteiger partial charge on any atom is -0.490 e. The van der Waals surface area contributed by atoms with Crippen molar-refractivity contribution in [1.29, 1.82) is 5.26 Å². The van der Waals surface area contributed by atoms with Crippen LogP contribution >= 0.6 is 0 Å². The molecule has 0 bridgehead atoms. The molecule has 0 radical (unpaired) electrons. The van der Waals surface area contributed by atoms with E-state index in [2.05, 4.69) is 11.2 Å². The molecule has 0 saturated heterocycles. The fourth-order valence-electron chi connectivity index (χ4n) is 2.99. The number of nitriles is 1. The van der Waals surface area contributed by atoms with E-state index < -0.39 is 5.91 Å². The lowest BCUT2D eigenvalue weighted by Gasteiger charge is -2.13. The van der Waals surface area contributed by atoms with Gasteiger partial charge in [0.15, 0.2) is 11.5 Å². The summed E-state index contributed by atoms with van der Waals surface area (Å²) < 4.78 is 11.0. The van der Waals surface area contributed by atoms with Crippen molar-refractivity contribution in [3.63, 3.8) is 0 Å². The Hall–Kier alpha value is -3.70. The first-order chi connectivity index (χ1) is 13.9. The molecule has 0 aliphatic rings. The number of hydrogen-bond acceptors (Lipinski definition) is 4. The van der Waals surface area contributed by atoms with Gasteiger partial charge in [0, 0.05) is 5.69 Å². The molecule has 0 unspecified atom stereocenters. The summed E-state index contributed by atoms with van der Waals surface area (Å²) in [7, 11) is 0. The van der Waals surface area contributed by atoms with Crippen LogP contribution in [0.2, 0.25) is 0 Å². The molecule has 2 rings (SSSR count). The van der Waals surface area contributed by atoms with E-state index in [0.29, 0.717) is 23.7 Å². The van der Waals surface area contributed by atoms with E-state index >= 15 is 0 Å². The van der Waals surface area contributed by atoms with E-state index in [-0.39, 0.29) is 12.2 Å². The molecule has 2 aromatic carbocycles. The van der Waals surface area contributed by atoms with Crippen LogP contribution in [0.25, 0.3) is 6.08 Å². The highest BCUT2D eigenvalue weighted by Gasteiger charge is 2.14. The molecule has 0 aliphatic heterocycles. The van der Waals surface area contributed by atoms with Crippen LogP contribution in [0.15, 0.2) is 35.9 Å². The van der Waals surface area contributed by atoms with Gasteiger partial charge in [-0.05, 0) is 62.6 Å². The zero-order valence-electron chi connectivity index (χ0n) is 17.1. The smallest absolute Gasteiger partial charge is 0.266 e. The maximum absolute atomic E-state index is 12.7. The molecule has 5 heteroatoms. The van der Waals surface area contributed by atoms with E-state index in [1.165, 1.54) is 6.08 Å². The van der Waals surface area contributed by atoms with E-state index in [4.69, 9.17) is 15.9 Å². The van der Waals surface area contributed by atoms with E-state index in [1.807, 2.05) is 45.9 Å². The number of nitrogens with zero attached hydrogens (tertiary/aromatic N) is 1. The van der Waals surface area contributed by atoms with Crippen LogP contribution in [0, 0.1) is 44.4 Å². The highest BCUT2D eigenvalue weighted by atomic mass is 16.5. The Kier molecular flexibility index (Phi) is 7.46. The Morgan fingerprint density at radius 3 is 2.41 bits per heavy atom. The highest BCUT2D eigenvalue weighted by molar-refractivity contribution is 6.10. The summed E-state index contributed by atoms with van der Waals surface area (Å²) in [5.41, 5.74) is 4.36. The van der Waals surface area contributed by atoms with Crippen molar-refractivity contribution >= 4 is 17.7 Å². The number of benzene rings is 2. The Morgan fingerprint density at radius 1 is 1.14 bits per heavy atom. The van der Waals surface area contributed by atoms with Gasteiger partial charge in [0.25, 0.3) is 5.91 Å². The molecule has 0 heterocycles. The van der Waals surface area contributed by atoms with Gasteiger partial charge in [-0.3, -0.25) is 4.79 Å². The highest BCUT2D eigenvalue weighted by Crippen LogP contribution is 2.29. The van der Waals surface area contributed by atoms with Gasteiger partial charge >= 0.3 is 0 Å².